The maximum absolute atomic E-state index is 12.2. The van der Waals surface area contributed by atoms with Gasteiger partial charge in [0.05, 0.1) is 19.1 Å². The van der Waals surface area contributed by atoms with Crippen LogP contribution in [0.4, 0.5) is 0 Å². The van der Waals surface area contributed by atoms with Crippen molar-refractivity contribution in [3.05, 3.63) is 54.1 Å². The molecule has 0 fully saturated rings. The summed E-state index contributed by atoms with van der Waals surface area (Å²) in [6.45, 7) is 4.00. The van der Waals surface area contributed by atoms with Gasteiger partial charge in [-0.05, 0) is 30.7 Å². The van der Waals surface area contributed by atoms with Crippen LogP contribution < -0.4 is 14.9 Å². The first-order valence-electron chi connectivity index (χ1n) is 9.81. The van der Waals surface area contributed by atoms with Gasteiger partial charge >= 0.3 is 5.97 Å². The maximum Gasteiger partial charge on any atom is 0.308 e. The van der Waals surface area contributed by atoms with Gasteiger partial charge in [0.15, 0.2) is 22.5 Å². The van der Waals surface area contributed by atoms with Crippen molar-refractivity contribution in [1.29, 1.82) is 0 Å². The Morgan fingerprint density at radius 1 is 1.16 bits per heavy atom. The van der Waals surface area contributed by atoms with E-state index in [1.165, 1.54) is 32.0 Å². The second kappa shape index (κ2) is 11.1. The van der Waals surface area contributed by atoms with E-state index in [0.29, 0.717) is 28.8 Å². The Bertz CT molecular complexity index is 1110. The molecule has 0 aliphatic heterocycles. The van der Waals surface area contributed by atoms with E-state index in [0.717, 1.165) is 11.4 Å². The van der Waals surface area contributed by atoms with Crippen molar-refractivity contribution in [3.63, 3.8) is 0 Å². The van der Waals surface area contributed by atoms with Crippen LogP contribution in [-0.2, 0) is 16.1 Å². The second-order valence-electron chi connectivity index (χ2n) is 6.50. The third-order valence-corrected chi connectivity index (χ3v) is 5.21. The molecule has 0 atom stereocenters. The van der Waals surface area contributed by atoms with Crippen molar-refractivity contribution >= 4 is 29.9 Å². The molecule has 3 aromatic rings. The molecule has 0 radical (unpaired) electrons. The highest BCUT2D eigenvalue weighted by atomic mass is 32.2. The standard InChI is InChI=1S/C22H23N5O4S/c1-4-27-21(17-8-6-5-7-9-17)25-26-22(27)32-14-20(29)24-23-13-16-10-11-18(31-15(2)28)19(12-16)30-3/h5-13H,4,14H2,1-3H3,(H,24,29)/b23-13-. The topological polar surface area (TPSA) is 108 Å². The molecule has 1 N–H and O–H groups in total. The largest absolute Gasteiger partial charge is 0.493 e. The van der Waals surface area contributed by atoms with E-state index in [2.05, 4.69) is 20.7 Å². The molecule has 0 unspecified atom stereocenters. The van der Waals surface area contributed by atoms with Gasteiger partial charge < -0.3 is 14.0 Å². The molecule has 0 saturated carbocycles. The number of esters is 1. The van der Waals surface area contributed by atoms with Crippen LogP contribution >= 0.6 is 11.8 Å². The minimum atomic E-state index is -0.440. The van der Waals surface area contributed by atoms with Gasteiger partial charge in [0.1, 0.15) is 0 Å². The fourth-order valence-corrected chi connectivity index (χ4v) is 3.62. The number of aromatic nitrogens is 3. The van der Waals surface area contributed by atoms with E-state index < -0.39 is 5.97 Å². The normalized spacial score (nSPS) is 10.8. The summed E-state index contributed by atoms with van der Waals surface area (Å²) < 4.78 is 12.2. The SMILES string of the molecule is CCn1c(SCC(=O)N/N=C\c2ccc(OC(C)=O)c(OC)c2)nnc1-c1ccccc1. The number of ether oxygens (including phenoxy) is 2. The van der Waals surface area contributed by atoms with Crippen molar-refractivity contribution in [2.45, 2.75) is 25.5 Å². The van der Waals surface area contributed by atoms with Crippen LogP contribution in [0.1, 0.15) is 19.4 Å². The first kappa shape index (κ1) is 23.0. The van der Waals surface area contributed by atoms with Crippen molar-refractivity contribution < 1.29 is 19.1 Å². The molecule has 0 aliphatic carbocycles. The summed E-state index contributed by atoms with van der Waals surface area (Å²) in [6, 6.07) is 14.7. The first-order valence-corrected chi connectivity index (χ1v) is 10.8. The van der Waals surface area contributed by atoms with Crippen LogP contribution in [0.15, 0.2) is 58.8 Å². The molecule has 2 aromatic carbocycles. The Balaban J connectivity index is 1.57. The zero-order valence-electron chi connectivity index (χ0n) is 17.9. The lowest BCUT2D eigenvalue weighted by Gasteiger charge is -2.08. The third-order valence-electron chi connectivity index (χ3n) is 4.24. The van der Waals surface area contributed by atoms with Crippen LogP contribution in [0.25, 0.3) is 11.4 Å². The number of carbonyl (C=O) groups excluding carboxylic acids is 2. The maximum atomic E-state index is 12.2. The highest BCUT2D eigenvalue weighted by Gasteiger charge is 2.14. The molecule has 1 amide bonds. The number of nitrogens with one attached hydrogen (secondary N) is 1. The molecule has 0 saturated heterocycles. The summed E-state index contributed by atoms with van der Waals surface area (Å²) >= 11 is 1.29. The Morgan fingerprint density at radius 3 is 2.62 bits per heavy atom. The van der Waals surface area contributed by atoms with Gasteiger partial charge in [-0.25, -0.2) is 5.43 Å². The number of thioether (sulfide) groups is 1. The van der Waals surface area contributed by atoms with Crippen LogP contribution in [0.5, 0.6) is 11.5 Å². The zero-order valence-corrected chi connectivity index (χ0v) is 18.8. The molecule has 0 bridgehead atoms. The van der Waals surface area contributed by atoms with E-state index in [9.17, 15) is 9.59 Å². The van der Waals surface area contributed by atoms with E-state index in [1.54, 1.807) is 18.2 Å². The lowest BCUT2D eigenvalue weighted by atomic mass is 10.2. The predicted molar refractivity (Wildman–Crippen MR) is 122 cm³/mol. The van der Waals surface area contributed by atoms with Crippen molar-refractivity contribution in [3.8, 4) is 22.9 Å². The lowest BCUT2D eigenvalue weighted by molar-refractivity contribution is -0.132. The third kappa shape index (κ3) is 5.94. The number of hydrazone groups is 1. The van der Waals surface area contributed by atoms with Crippen molar-refractivity contribution in [1.82, 2.24) is 20.2 Å². The van der Waals surface area contributed by atoms with Crippen molar-refractivity contribution in [2.75, 3.05) is 12.9 Å². The van der Waals surface area contributed by atoms with Crippen LogP contribution in [0.3, 0.4) is 0 Å². The van der Waals surface area contributed by atoms with E-state index in [1.807, 2.05) is 41.8 Å². The average molecular weight is 454 g/mol. The molecule has 0 spiro atoms. The molecule has 3 rings (SSSR count). The zero-order chi connectivity index (χ0) is 22.9. The number of nitrogens with zero attached hydrogens (tertiary/aromatic N) is 4. The second-order valence-corrected chi connectivity index (χ2v) is 7.44. The summed E-state index contributed by atoms with van der Waals surface area (Å²) in [6.07, 6.45) is 1.48. The molecule has 0 aliphatic rings. The smallest absolute Gasteiger partial charge is 0.308 e. The fraction of sp³-hybridized carbons (Fsp3) is 0.227. The monoisotopic (exact) mass is 453 g/mol. The van der Waals surface area contributed by atoms with Crippen LogP contribution in [-0.4, -0.2) is 45.7 Å². The fourth-order valence-electron chi connectivity index (χ4n) is 2.83. The summed E-state index contributed by atoms with van der Waals surface area (Å²) in [5.74, 6) is 0.886. The van der Waals surface area contributed by atoms with E-state index in [-0.39, 0.29) is 11.7 Å². The quantitative estimate of drug-likeness (QED) is 0.174. The number of carbonyl (C=O) groups is 2. The average Bonchev–Trinajstić information content (AvgIpc) is 3.21. The Hall–Kier alpha value is -3.66. The highest BCUT2D eigenvalue weighted by Crippen LogP contribution is 2.27. The van der Waals surface area contributed by atoms with Crippen molar-refractivity contribution in [2.24, 2.45) is 5.10 Å². The van der Waals surface area contributed by atoms with Gasteiger partial charge in [0.25, 0.3) is 5.91 Å². The van der Waals surface area contributed by atoms with Gasteiger partial charge in [-0.3, -0.25) is 9.59 Å². The van der Waals surface area contributed by atoms with E-state index >= 15 is 0 Å². The van der Waals surface area contributed by atoms with E-state index in [4.69, 9.17) is 9.47 Å². The number of hydrogen-bond acceptors (Lipinski definition) is 8. The van der Waals surface area contributed by atoms with Gasteiger partial charge in [-0.1, -0.05) is 42.1 Å². The number of amides is 1. The molecule has 1 aromatic heterocycles. The molecule has 10 heteroatoms. The highest BCUT2D eigenvalue weighted by molar-refractivity contribution is 7.99. The Labute approximate surface area is 189 Å². The number of benzene rings is 2. The summed E-state index contributed by atoms with van der Waals surface area (Å²) in [5.41, 5.74) is 4.13. The summed E-state index contributed by atoms with van der Waals surface area (Å²) in [7, 11) is 1.47. The minimum absolute atomic E-state index is 0.138. The number of hydrogen-bond donors (Lipinski definition) is 1. The summed E-state index contributed by atoms with van der Waals surface area (Å²) in [4.78, 5) is 23.3. The number of methoxy groups -OCH3 is 1. The lowest BCUT2D eigenvalue weighted by Crippen LogP contribution is -2.20. The van der Waals surface area contributed by atoms with Gasteiger partial charge in [-0.15, -0.1) is 10.2 Å². The van der Waals surface area contributed by atoms with Crippen LogP contribution in [0.2, 0.25) is 0 Å². The molecular weight excluding hydrogens is 430 g/mol. The predicted octanol–water partition coefficient (Wildman–Crippen LogP) is 3.14. The Kier molecular flexibility index (Phi) is 7.98. The molecule has 166 valence electrons. The van der Waals surface area contributed by atoms with Gasteiger partial charge in [0.2, 0.25) is 0 Å². The molecule has 32 heavy (non-hydrogen) atoms. The van der Waals surface area contributed by atoms with Gasteiger partial charge in [0, 0.05) is 19.0 Å². The Morgan fingerprint density at radius 2 is 1.94 bits per heavy atom. The first-order chi connectivity index (χ1) is 15.5. The van der Waals surface area contributed by atoms with Crippen LogP contribution in [0, 0.1) is 0 Å². The minimum Gasteiger partial charge on any atom is -0.493 e. The molecule has 9 nitrogen and oxygen atoms in total. The summed E-state index contributed by atoms with van der Waals surface area (Å²) in [5, 5.41) is 13.1. The molecular formula is C22H23N5O4S. The van der Waals surface area contributed by atoms with Gasteiger partial charge in [-0.2, -0.15) is 5.10 Å². The number of rotatable bonds is 9. The molecule has 1 heterocycles.